The number of aromatic hydroxyl groups is 1. The molecule has 158 valence electrons. The van der Waals surface area contributed by atoms with E-state index in [2.05, 4.69) is 0 Å². The summed E-state index contributed by atoms with van der Waals surface area (Å²) in [6, 6.07) is 10.7. The number of hydrogen-bond donors (Lipinski definition) is 2. The van der Waals surface area contributed by atoms with Gasteiger partial charge in [0.05, 0.1) is 18.7 Å². The van der Waals surface area contributed by atoms with E-state index < -0.39 is 17.7 Å². The summed E-state index contributed by atoms with van der Waals surface area (Å²) in [5, 5.41) is 20.8. The fourth-order valence-electron chi connectivity index (χ4n) is 3.60. The van der Waals surface area contributed by atoms with Crippen molar-refractivity contribution in [2.45, 2.75) is 13.0 Å². The molecule has 30 heavy (non-hydrogen) atoms. The molecule has 0 saturated carbocycles. The van der Waals surface area contributed by atoms with Gasteiger partial charge in [-0.05, 0) is 62.5 Å². The van der Waals surface area contributed by atoms with Gasteiger partial charge >= 0.3 is 0 Å². The van der Waals surface area contributed by atoms with Crippen LogP contribution in [-0.4, -0.2) is 66.0 Å². The highest BCUT2D eigenvalue weighted by Crippen LogP contribution is 2.40. The van der Waals surface area contributed by atoms with Crippen LogP contribution >= 0.6 is 0 Å². The first kappa shape index (κ1) is 21.4. The number of likely N-dealkylation sites (N-methyl/N-ethyl adjacent to an activating group) is 1. The molecule has 0 aliphatic carbocycles. The summed E-state index contributed by atoms with van der Waals surface area (Å²) in [5.41, 5.74) is 1.86. The summed E-state index contributed by atoms with van der Waals surface area (Å²) in [6.45, 7) is 2.68. The number of carbonyl (C=O) groups excluding carboxylic acids is 2. The van der Waals surface area contributed by atoms with Crippen LogP contribution in [0.15, 0.2) is 48.0 Å². The number of rotatable bonds is 6. The molecule has 0 aromatic heterocycles. The second kappa shape index (κ2) is 8.59. The van der Waals surface area contributed by atoms with E-state index in [1.54, 1.807) is 44.4 Å². The molecule has 1 aliphatic heterocycles. The molecule has 0 bridgehead atoms. The lowest BCUT2D eigenvalue weighted by Crippen LogP contribution is -2.35. The number of likely N-dealkylation sites (tertiary alicyclic amines) is 1. The van der Waals surface area contributed by atoms with Crippen molar-refractivity contribution in [3.05, 3.63) is 64.7 Å². The van der Waals surface area contributed by atoms with Crippen molar-refractivity contribution in [2.75, 3.05) is 34.3 Å². The summed E-state index contributed by atoms with van der Waals surface area (Å²) in [7, 11) is 5.31. The smallest absolute Gasteiger partial charge is 0.295 e. The van der Waals surface area contributed by atoms with Crippen LogP contribution in [0.25, 0.3) is 5.76 Å². The lowest BCUT2D eigenvalue weighted by Gasteiger charge is -2.26. The van der Waals surface area contributed by atoms with Crippen molar-refractivity contribution in [3.8, 4) is 11.5 Å². The predicted octanol–water partition coefficient (Wildman–Crippen LogP) is 2.69. The summed E-state index contributed by atoms with van der Waals surface area (Å²) in [6.07, 6.45) is 0. The summed E-state index contributed by atoms with van der Waals surface area (Å²) in [5.74, 6) is -0.887. The summed E-state index contributed by atoms with van der Waals surface area (Å²) < 4.78 is 5.21. The van der Waals surface area contributed by atoms with Crippen molar-refractivity contribution < 1.29 is 24.5 Å². The van der Waals surface area contributed by atoms with Crippen LogP contribution in [0.4, 0.5) is 0 Å². The van der Waals surface area contributed by atoms with Gasteiger partial charge in [0.2, 0.25) is 0 Å². The maximum atomic E-state index is 13.0. The van der Waals surface area contributed by atoms with E-state index in [0.717, 1.165) is 5.56 Å². The Morgan fingerprint density at radius 3 is 2.37 bits per heavy atom. The van der Waals surface area contributed by atoms with Crippen molar-refractivity contribution in [1.82, 2.24) is 9.80 Å². The topological polar surface area (TPSA) is 90.3 Å². The standard InChI is InChI=1S/C23H26N2O5/c1-14-13-17(30-4)9-10-18(14)21(27)19-20(15-5-7-16(26)8-6-15)25(12-11-24(2)3)23(29)22(19)28/h5-10,13,20,26-27H,11-12H2,1-4H3/b21-19-. The van der Waals surface area contributed by atoms with Gasteiger partial charge in [-0.2, -0.15) is 0 Å². The number of methoxy groups -OCH3 is 1. The number of ether oxygens (including phenoxy) is 1. The van der Waals surface area contributed by atoms with Gasteiger partial charge in [0.15, 0.2) is 0 Å². The number of phenolic OH excluding ortho intramolecular Hbond substituents is 1. The average molecular weight is 410 g/mol. The van der Waals surface area contributed by atoms with Gasteiger partial charge in [0.1, 0.15) is 17.3 Å². The Morgan fingerprint density at radius 1 is 1.13 bits per heavy atom. The maximum absolute atomic E-state index is 13.0. The fraction of sp³-hybridized carbons (Fsp3) is 0.304. The minimum absolute atomic E-state index is 0.0395. The molecule has 0 radical (unpaired) electrons. The molecule has 2 N–H and O–H groups in total. The van der Waals surface area contributed by atoms with Gasteiger partial charge in [-0.1, -0.05) is 12.1 Å². The van der Waals surface area contributed by atoms with E-state index in [-0.39, 0.29) is 17.1 Å². The molecular formula is C23H26N2O5. The Balaban J connectivity index is 2.16. The number of benzene rings is 2. The van der Waals surface area contributed by atoms with Crippen LogP contribution in [0, 0.1) is 6.92 Å². The lowest BCUT2D eigenvalue weighted by atomic mass is 9.94. The number of nitrogens with zero attached hydrogens (tertiary/aromatic N) is 2. The van der Waals surface area contributed by atoms with Crippen LogP contribution < -0.4 is 4.74 Å². The molecule has 1 fully saturated rings. The molecule has 2 aromatic carbocycles. The lowest BCUT2D eigenvalue weighted by molar-refractivity contribution is -0.140. The van der Waals surface area contributed by atoms with Crippen LogP contribution in [0.1, 0.15) is 22.7 Å². The van der Waals surface area contributed by atoms with Crippen LogP contribution in [-0.2, 0) is 9.59 Å². The van der Waals surface area contributed by atoms with E-state index in [9.17, 15) is 19.8 Å². The van der Waals surface area contributed by atoms with Crippen molar-refractivity contribution >= 4 is 17.4 Å². The molecule has 1 atom stereocenters. The third-order valence-electron chi connectivity index (χ3n) is 5.23. The molecule has 2 aromatic rings. The Bertz CT molecular complexity index is 995. The molecule has 1 heterocycles. The highest BCUT2D eigenvalue weighted by molar-refractivity contribution is 6.46. The first-order valence-electron chi connectivity index (χ1n) is 9.61. The van der Waals surface area contributed by atoms with Crippen molar-refractivity contribution in [1.29, 1.82) is 0 Å². The van der Waals surface area contributed by atoms with Crippen LogP contribution in [0.3, 0.4) is 0 Å². The number of aryl methyl sites for hydroxylation is 1. The van der Waals surface area contributed by atoms with Gasteiger partial charge < -0.3 is 24.7 Å². The Hall–Kier alpha value is -3.32. The SMILES string of the molecule is COc1ccc(/C(O)=C2/C(=O)C(=O)N(CCN(C)C)C2c2ccc(O)cc2)c(C)c1. The number of Topliss-reactive ketones (excluding diaryl/α,β-unsaturated/α-hetero) is 1. The third kappa shape index (κ3) is 4.02. The Morgan fingerprint density at radius 2 is 1.80 bits per heavy atom. The van der Waals surface area contributed by atoms with Gasteiger partial charge in [-0.25, -0.2) is 0 Å². The molecular weight excluding hydrogens is 384 g/mol. The monoisotopic (exact) mass is 410 g/mol. The zero-order valence-electron chi connectivity index (χ0n) is 17.5. The van der Waals surface area contributed by atoms with Crippen LogP contribution in [0.2, 0.25) is 0 Å². The molecule has 1 unspecified atom stereocenters. The first-order chi connectivity index (χ1) is 14.2. The highest BCUT2D eigenvalue weighted by atomic mass is 16.5. The van der Waals surface area contributed by atoms with Crippen LogP contribution in [0.5, 0.6) is 11.5 Å². The minimum atomic E-state index is -0.743. The fourth-order valence-corrected chi connectivity index (χ4v) is 3.60. The quantitative estimate of drug-likeness (QED) is 0.432. The molecule has 7 nitrogen and oxygen atoms in total. The molecule has 1 saturated heterocycles. The third-order valence-corrected chi connectivity index (χ3v) is 5.23. The van der Waals surface area contributed by atoms with Gasteiger partial charge in [0.25, 0.3) is 11.7 Å². The van der Waals surface area contributed by atoms with E-state index in [0.29, 0.717) is 30.0 Å². The summed E-state index contributed by atoms with van der Waals surface area (Å²) in [4.78, 5) is 29.2. The van der Waals surface area contributed by atoms with Gasteiger partial charge in [-0.15, -0.1) is 0 Å². The first-order valence-corrected chi connectivity index (χ1v) is 9.61. The number of aliphatic hydroxyl groups is 1. The van der Waals surface area contributed by atoms with Crippen molar-refractivity contribution in [2.24, 2.45) is 0 Å². The largest absolute Gasteiger partial charge is 0.508 e. The molecule has 7 heteroatoms. The Kier molecular flexibility index (Phi) is 6.12. The van der Waals surface area contributed by atoms with E-state index in [1.165, 1.54) is 17.0 Å². The summed E-state index contributed by atoms with van der Waals surface area (Å²) >= 11 is 0. The molecule has 1 aliphatic rings. The second-order valence-electron chi connectivity index (χ2n) is 7.57. The molecule has 3 rings (SSSR count). The number of aliphatic hydroxyl groups excluding tert-OH is 1. The Labute approximate surface area is 175 Å². The normalized spacial score (nSPS) is 18.3. The minimum Gasteiger partial charge on any atom is -0.508 e. The number of carbonyl (C=O) groups is 2. The van der Waals surface area contributed by atoms with Crippen molar-refractivity contribution in [3.63, 3.8) is 0 Å². The number of hydrogen-bond acceptors (Lipinski definition) is 6. The number of ketones is 1. The number of amides is 1. The molecule has 0 spiro atoms. The van der Waals surface area contributed by atoms with E-state index in [1.807, 2.05) is 19.0 Å². The zero-order valence-corrected chi connectivity index (χ0v) is 17.5. The van der Waals surface area contributed by atoms with E-state index >= 15 is 0 Å². The highest BCUT2D eigenvalue weighted by Gasteiger charge is 2.46. The van der Waals surface area contributed by atoms with E-state index in [4.69, 9.17) is 4.74 Å². The maximum Gasteiger partial charge on any atom is 0.295 e. The molecule has 1 amide bonds. The number of phenols is 1. The van der Waals surface area contributed by atoms with Gasteiger partial charge in [0, 0.05) is 18.7 Å². The average Bonchev–Trinajstić information content (AvgIpc) is 2.96. The predicted molar refractivity (Wildman–Crippen MR) is 113 cm³/mol. The second-order valence-corrected chi connectivity index (χ2v) is 7.57. The van der Waals surface area contributed by atoms with Gasteiger partial charge in [-0.3, -0.25) is 9.59 Å². The zero-order chi connectivity index (χ0) is 22.0.